The third kappa shape index (κ3) is 1.72. The number of aliphatic imine (C=N–C) groups is 1. The van der Waals surface area contributed by atoms with E-state index in [1.54, 1.807) is 25.3 Å². The second-order valence-electron chi connectivity index (χ2n) is 3.74. The number of ether oxygens (including phenoxy) is 1. The third-order valence-corrected chi connectivity index (χ3v) is 3.37. The van der Waals surface area contributed by atoms with Crippen LogP contribution in [0.15, 0.2) is 21.6 Å². The molecular weight excluding hydrogens is 274 g/mol. The molecule has 0 bridgehead atoms. The van der Waals surface area contributed by atoms with Crippen molar-refractivity contribution in [1.29, 1.82) is 0 Å². The van der Waals surface area contributed by atoms with Gasteiger partial charge in [0.05, 0.1) is 11.6 Å². The molecule has 0 atom stereocenters. The predicted octanol–water partition coefficient (Wildman–Crippen LogP) is 2.49. The number of phenolic OH excluding ortho intramolecular Hbond substituents is 1. The van der Waals surface area contributed by atoms with Crippen molar-refractivity contribution in [2.24, 2.45) is 4.99 Å². The van der Waals surface area contributed by atoms with Gasteiger partial charge in [-0.15, -0.1) is 0 Å². The number of isocyanates is 1. The number of rotatable bonds is 3. The van der Waals surface area contributed by atoms with E-state index >= 15 is 0 Å². The number of phenols is 1. The Hall–Kier alpha value is -1.32. The molecule has 5 heteroatoms. The van der Waals surface area contributed by atoms with E-state index in [0.29, 0.717) is 15.8 Å². The van der Waals surface area contributed by atoms with E-state index in [1.807, 2.05) is 0 Å². The minimum atomic E-state index is -0.584. The van der Waals surface area contributed by atoms with E-state index < -0.39 is 5.54 Å². The first-order valence-electron chi connectivity index (χ1n) is 4.79. The van der Waals surface area contributed by atoms with Crippen molar-refractivity contribution in [3.05, 3.63) is 22.2 Å². The van der Waals surface area contributed by atoms with Crippen molar-refractivity contribution in [1.82, 2.24) is 0 Å². The Labute approximate surface area is 101 Å². The van der Waals surface area contributed by atoms with E-state index in [9.17, 15) is 9.90 Å². The molecule has 1 aliphatic carbocycles. The van der Waals surface area contributed by atoms with Crippen molar-refractivity contribution in [3.8, 4) is 11.5 Å². The largest absolute Gasteiger partial charge is 0.508 e. The summed E-state index contributed by atoms with van der Waals surface area (Å²) in [6.07, 6.45) is 3.06. The topological polar surface area (TPSA) is 58.9 Å². The Morgan fingerprint density at radius 2 is 2.25 bits per heavy atom. The molecule has 1 aromatic carbocycles. The maximum absolute atomic E-state index is 10.4. The second kappa shape index (κ2) is 3.92. The summed E-state index contributed by atoms with van der Waals surface area (Å²) in [6, 6.07) is 3.25. The average molecular weight is 284 g/mol. The highest BCUT2D eigenvalue weighted by atomic mass is 79.9. The van der Waals surface area contributed by atoms with Crippen LogP contribution in [0.5, 0.6) is 11.5 Å². The molecule has 0 spiro atoms. The Balaban J connectivity index is 2.53. The Kier molecular flexibility index (Phi) is 2.74. The monoisotopic (exact) mass is 283 g/mol. The van der Waals surface area contributed by atoms with Gasteiger partial charge in [0.2, 0.25) is 6.08 Å². The van der Waals surface area contributed by atoms with E-state index in [0.717, 1.165) is 12.8 Å². The summed E-state index contributed by atoms with van der Waals surface area (Å²) >= 11 is 3.27. The molecule has 0 radical (unpaired) electrons. The summed E-state index contributed by atoms with van der Waals surface area (Å²) in [4.78, 5) is 14.1. The number of hydrogen-bond acceptors (Lipinski definition) is 4. The zero-order chi connectivity index (χ0) is 11.8. The van der Waals surface area contributed by atoms with Crippen molar-refractivity contribution in [2.45, 2.75) is 18.4 Å². The third-order valence-electron chi connectivity index (χ3n) is 2.75. The van der Waals surface area contributed by atoms with Crippen LogP contribution in [0.3, 0.4) is 0 Å². The molecule has 84 valence electrons. The Morgan fingerprint density at radius 3 is 2.75 bits per heavy atom. The van der Waals surface area contributed by atoms with Crippen LogP contribution in [-0.2, 0) is 10.3 Å². The van der Waals surface area contributed by atoms with Crippen molar-refractivity contribution < 1.29 is 14.6 Å². The number of hydrogen-bond donors (Lipinski definition) is 1. The number of benzene rings is 1. The van der Waals surface area contributed by atoms with E-state index in [4.69, 9.17) is 4.74 Å². The molecular formula is C11H10BrNO3. The highest BCUT2D eigenvalue weighted by molar-refractivity contribution is 9.10. The summed E-state index contributed by atoms with van der Waals surface area (Å²) in [5.41, 5.74) is 0.0377. The molecule has 1 aromatic rings. The van der Waals surface area contributed by atoms with Crippen LogP contribution in [0.25, 0.3) is 0 Å². The molecule has 1 fully saturated rings. The van der Waals surface area contributed by atoms with Crippen LogP contribution >= 0.6 is 15.9 Å². The SMILES string of the molecule is COc1cc(C2(N=C=O)CC2)c(O)cc1Br. The van der Waals surface area contributed by atoms with E-state index in [-0.39, 0.29) is 5.75 Å². The number of halogens is 1. The molecule has 2 rings (SSSR count). The van der Waals surface area contributed by atoms with Crippen LogP contribution in [0.2, 0.25) is 0 Å². The van der Waals surface area contributed by atoms with Gasteiger partial charge in [-0.2, -0.15) is 4.99 Å². The van der Waals surface area contributed by atoms with Gasteiger partial charge in [-0.25, -0.2) is 4.79 Å². The van der Waals surface area contributed by atoms with Gasteiger partial charge in [-0.3, -0.25) is 0 Å². The van der Waals surface area contributed by atoms with Crippen LogP contribution in [-0.4, -0.2) is 18.3 Å². The van der Waals surface area contributed by atoms with Crippen molar-refractivity contribution in [3.63, 3.8) is 0 Å². The molecule has 1 aliphatic rings. The summed E-state index contributed by atoms with van der Waals surface area (Å²) in [5, 5.41) is 9.84. The number of nitrogens with zero attached hydrogens (tertiary/aromatic N) is 1. The fourth-order valence-corrected chi connectivity index (χ4v) is 2.21. The van der Waals surface area contributed by atoms with Crippen LogP contribution < -0.4 is 4.74 Å². The summed E-state index contributed by atoms with van der Waals surface area (Å²) in [7, 11) is 1.55. The lowest BCUT2D eigenvalue weighted by molar-refractivity contribution is 0.406. The molecule has 1 saturated carbocycles. The minimum absolute atomic E-state index is 0.115. The minimum Gasteiger partial charge on any atom is -0.508 e. The first kappa shape index (κ1) is 11.2. The maximum atomic E-state index is 10.4. The second-order valence-corrected chi connectivity index (χ2v) is 4.59. The fourth-order valence-electron chi connectivity index (χ4n) is 1.72. The maximum Gasteiger partial charge on any atom is 0.235 e. The lowest BCUT2D eigenvalue weighted by Crippen LogP contribution is -2.03. The molecule has 0 aliphatic heterocycles. The average Bonchev–Trinajstić information content (AvgIpc) is 2.99. The predicted molar refractivity (Wildman–Crippen MR) is 61.4 cm³/mol. The molecule has 0 saturated heterocycles. The Bertz CT molecular complexity index is 476. The molecule has 4 nitrogen and oxygen atoms in total. The van der Waals surface area contributed by atoms with Crippen LogP contribution in [0.1, 0.15) is 18.4 Å². The van der Waals surface area contributed by atoms with Gasteiger partial charge in [0.1, 0.15) is 17.0 Å². The lowest BCUT2D eigenvalue weighted by atomic mass is 10.0. The number of aromatic hydroxyl groups is 1. The molecule has 0 amide bonds. The van der Waals surface area contributed by atoms with Gasteiger partial charge in [-0.05, 0) is 40.9 Å². The molecule has 16 heavy (non-hydrogen) atoms. The molecule has 0 aromatic heterocycles. The quantitative estimate of drug-likeness (QED) is 0.685. The van der Waals surface area contributed by atoms with Crippen LogP contribution in [0.4, 0.5) is 0 Å². The molecule has 0 heterocycles. The normalized spacial score (nSPS) is 16.4. The van der Waals surface area contributed by atoms with Gasteiger partial charge >= 0.3 is 0 Å². The van der Waals surface area contributed by atoms with Gasteiger partial charge in [-0.1, -0.05) is 0 Å². The van der Waals surface area contributed by atoms with E-state index in [2.05, 4.69) is 20.9 Å². The zero-order valence-corrected chi connectivity index (χ0v) is 10.2. The molecule has 1 N–H and O–H groups in total. The summed E-state index contributed by atoms with van der Waals surface area (Å²) in [5.74, 6) is 0.726. The number of carbonyl (C=O) groups excluding carboxylic acids is 1. The smallest absolute Gasteiger partial charge is 0.235 e. The van der Waals surface area contributed by atoms with Gasteiger partial charge < -0.3 is 9.84 Å². The Morgan fingerprint density at radius 1 is 1.56 bits per heavy atom. The van der Waals surface area contributed by atoms with Gasteiger partial charge in [0, 0.05) is 5.56 Å². The van der Waals surface area contributed by atoms with Crippen LogP contribution in [0, 0.1) is 0 Å². The lowest BCUT2D eigenvalue weighted by Gasteiger charge is -2.13. The number of methoxy groups -OCH3 is 1. The van der Waals surface area contributed by atoms with Gasteiger partial charge in [0.15, 0.2) is 0 Å². The van der Waals surface area contributed by atoms with Gasteiger partial charge in [0.25, 0.3) is 0 Å². The highest BCUT2D eigenvalue weighted by Gasteiger charge is 2.47. The summed E-state index contributed by atoms with van der Waals surface area (Å²) < 4.78 is 5.81. The van der Waals surface area contributed by atoms with Crippen molar-refractivity contribution in [2.75, 3.05) is 7.11 Å². The van der Waals surface area contributed by atoms with E-state index in [1.165, 1.54) is 0 Å². The highest BCUT2D eigenvalue weighted by Crippen LogP contribution is 2.53. The standard InChI is InChI=1S/C11H10BrNO3/c1-16-10-4-7(9(15)5-8(10)12)11(2-3-11)13-6-14/h4-5,15H,2-3H2,1H3. The molecule has 0 unspecified atom stereocenters. The first-order valence-corrected chi connectivity index (χ1v) is 5.58. The first-order chi connectivity index (χ1) is 7.63. The van der Waals surface area contributed by atoms with Crippen molar-refractivity contribution >= 4 is 22.0 Å². The summed E-state index contributed by atoms with van der Waals surface area (Å²) in [6.45, 7) is 0. The fraction of sp³-hybridized carbons (Fsp3) is 0.364. The zero-order valence-electron chi connectivity index (χ0n) is 8.66.